The van der Waals surface area contributed by atoms with Crippen LogP contribution in [0, 0.1) is 0 Å². The minimum absolute atomic E-state index is 0.382. The van der Waals surface area contributed by atoms with Crippen molar-refractivity contribution in [2.45, 2.75) is 37.5 Å². The van der Waals surface area contributed by atoms with Crippen LogP contribution in [0.5, 0.6) is 5.75 Å². The van der Waals surface area contributed by atoms with Crippen LogP contribution >= 0.6 is 0 Å². The van der Waals surface area contributed by atoms with E-state index in [1.54, 1.807) is 12.1 Å². The van der Waals surface area contributed by atoms with Crippen molar-refractivity contribution >= 4 is 28.6 Å². The van der Waals surface area contributed by atoms with E-state index in [0.717, 1.165) is 16.3 Å². The van der Waals surface area contributed by atoms with Gasteiger partial charge in [0.25, 0.3) is 0 Å². The number of halogens is 3. The van der Waals surface area contributed by atoms with Crippen LogP contribution in [0.1, 0.15) is 18.4 Å². The lowest BCUT2D eigenvalue weighted by atomic mass is 10.0. The number of carboxylic acid groups (broad SMARTS) is 1. The molecule has 3 aromatic rings. The van der Waals surface area contributed by atoms with Gasteiger partial charge in [0.1, 0.15) is 11.8 Å². The molecule has 0 heterocycles. The highest BCUT2D eigenvalue weighted by atomic mass is 19.4. The second-order valence-corrected chi connectivity index (χ2v) is 8.02. The molecule has 0 radical (unpaired) electrons. The first-order chi connectivity index (χ1) is 17.5. The Labute approximate surface area is 211 Å². The summed E-state index contributed by atoms with van der Waals surface area (Å²) in [7, 11) is 0. The summed E-state index contributed by atoms with van der Waals surface area (Å²) in [5, 5.41) is 11.9. The van der Waals surface area contributed by atoms with E-state index in [4.69, 9.17) is 26.1 Å². The lowest BCUT2D eigenvalue weighted by Crippen LogP contribution is -2.50. The van der Waals surface area contributed by atoms with Crippen LogP contribution in [-0.2, 0) is 20.8 Å². The molecule has 0 fully saturated rings. The standard InChI is InChI=1S/C24H27N3O3.C2HF3O2/c25-14-6-11-22(27-23(28)21(26)15-17-7-2-1-3-8-17)24(29)30-20-13-12-18-9-4-5-10-19(18)16-20;3-2(4,5)1(6)7/h1-5,7-10,12-13,16,21-22H,6,11,14-15,25-26H2,(H,27,28);(H,6,7)/t21-,22-;/m0./s1. The Bertz CT molecular complexity index is 1190. The van der Waals surface area contributed by atoms with Crippen molar-refractivity contribution in [2.75, 3.05) is 6.54 Å². The van der Waals surface area contributed by atoms with E-state index in [2.05, 4.69) is 5.32 Å². The molecule has 3 rings (SSSR count). The topological polar surface area (TPSA) is 145 Å². The second kappa shape index (κ2) is 14.0. The highest BCUT2D eigenvalue weighted by Gasteiger charge is 2.38. The second-order valence-electron chi connectivity index (χ2n) is 8.02. The van der Waals surface area contributed by atoms with Crippen molar-refractivity contribution < 1.29 is 37.4 Å². The average Bonchev–Trinajstić information content (AvgIpc) is 2.86. The molecule has 11 heteroatoms. The molecular weight excluding hydrogens is 491 g/mol. The lowest BCUT2D eigenvalue weighted by Gasteiger charge is -2.20. The van der Waals surface area contributed by atoms with Crippen molar-refractivity contribution in [3.05, 3.63) is 78.4 Å². The van der Waals surface area contributed by atoms with E-state index in [9.17, 15) is 22.8 Å². The van der Waals surface area contributed by atoms with Crippen molar-refractivity contribution in [1.29, 1.82) is 0 Å². The van der Waals surface area contributed by atoms with Gasteiger partial charge in [-0.15, -0.1) is 0 Å². The Hall–Kier alpha value is -3.96. The van der Waals surface area contributed by atoms with Crippen LogP contribution in [0.4, 0.5) is 13.2 Å². The van der Waals surface area contributed by atoms with E-state index in [1.165, 1.54) is 0 Å². The number of benzene rings is 3. The Morgan fingerprint density at radius 1 is 0.946 bits per heavy atom. The number of nitrogens with one attached hydrogen (secondary N) is 1. The number of alkyl halides is 3. The number of carboxylic acids is 1. The first kappa shape index (κ1) is 29.3. The summed E-state index contributed by atoms with van der Waals surface area (Å²) in [6.07, 6.45) is -3.74. The van der Waals surface area contributed by atoms with Gasteiger partial charge in [0, 0.05) is 0 Å². The number of fused-ring (bicyclic) bond motifs is 1. The molecule has 0 saturated heterocycles. The molecule has 0 bridgehead atoms. The molecule has 6 N–H and O–H groups in total. The minimum atomic E-state index is -5.08. The molecule has 8 nitrogen and oxygen atoms in total. The van der Waals surface area contributed by atoms with Gasteiger partial charge in [0.15, 0.2) is 0 Å². The smallest absolute Gasteiger partial charge is 0.475 e. The normalized spacial score (nSPS) is 12.6. The number of aliphatic carboxylic acids is 1. The van der Waals surface area contributed by atoms with Gasteiger partial charge < -0.3 is 26.6 Å². The zero-order valence-corrected chi connectivity index (χ0v) is 19.8. The van der Waals surface area contributed by atoms with Crippen molar-refractivity contribution in [3.8, 4) is 5.75 Å². The lowest BCUT2D eigenvalue weighted by molar-refractivity contribution is -0.192. The van der Waals surface area contributed by atoms with E-state index in [1.807, 2.05) is 60.7 Å². The van der Waals surface area contributed by atoms with Gasteiger partial charge in [-0.05, 0) is 54.3 Å². The maximum Gasteiger partial charge on any atom is 0.490 e. The molecule has 0 unspecified atom stereocenters. The molecule has 0 aliphatic rings. The first-order valence-corrected chi connectivity index (χ1v) is 11.3. The van der Waals surface area contributed by atoms with Gasteiger partial charge in [0.2, 0.25) is 5.91 Å². The number of carbonyl (C=O) groups is 3. The number of carbonyl (C=O) groups excluding carboxylic acids is 2. The fourth-order valence-corrected chi connectivity index (χ4v) is 3.23. The largest absolute Gasteiger partial charge is 0.490 e. The van der Waals surface area contributed by atoms with Crippen LogP contribution in [0.25, 0.3) is 10.8 Å². The predicted molar refractivity (Wildman–Crippen MR) is 132 cm³/mol. The summed E-state index contributed by atoms with van der Waals surface area (Å²) in [6, 6.07) is 21.2. The number of hydrogen-bond acceptors (Lipinski definition) is 6. The van der Waals surface area contributed by atoms with Gasteiger partial charge in [0.05, 0.1) is 6.04 Å². The maximum atomic E-state index is 12.8. The zero-order chi connectivity index (χ0) is 27.4. The number of ether oxygens (including phenoxy) is 1. The van der Waals surface area contributed by atoms with E-state index < -0.39 is 36.1 Å². The summed E-state index contributed by atoms with van der Waals surface area (Å²) in [6.45, 7) is 0.408. The summed E-state index contributed by atoms with van der Waals surface area (Å²) in [4.78, 5) is 34.2. The molecule has 2 atom stereocenters. The summed E-state index contributed by atoms with van der Waals surface area (Å²) < 4.78 is 37.3. The first-order valence-electron chi connectivity index (χ1n) is 11.3. The van der Waals surface area contributed by atoms with Crippen LogP contribution in [0.15, 0.2) is 72.8 Å². The van der Waals surface area contributed by atoms with Crippen molar-refractivity contribution in [2.24, 2.45) is 11.5 Å². The summed E-state index contributed by atoms with van der Waals surface area (Å²) >= 11 is 0. The molecule has 37 heavy (non-hydrogen) atoms. The fraction of sp³-hybridized carbons (Fsp3) is 0.269. The molecule has 0 spiro atoms. The third-order valence-electron chi connectivity index (χ3n) is 5.12. The Balaban J connectivity index is 0.000000604. The molecule has 0 saturated carbocycles. The van der Waals surface area contributed by atoms with Gasteiger partial charge >= 0.3 is 18.1 Å². The third-order valence-corrected chi connectivity index (χ3v) is 5.12. The number of amides is 1. The molecule has 0 aliphatic heterocycles. The zero-order valence-electron chi connectivity index (χ0n) is 19.8. The number of nitrogens with two attached hydrogens (primary N) is 2. The third kappa shape index (κ3) is 9.90. The number of esters is 1. The molecule has 1 amide bonds. The van der Waals surface area contributed by atoms with Gasteiger partial charge in [-0.2, -0.15) is 13.2 Å². The quantitative estimate of drug-likeness (QED) is 0.251. The highest BCUT2D eigenvalue weighted by molar-refractivity contribution is 5.89. The van der Waals surface area contributed by atoms with Crippen molar-refractivity contribution in [3.63, 3.8) is 0 Å². The molecular formula is C26H28F3N3O5. The van der Waals surface area contributed by atoms with Crippen LogP contribution in [0.2, 0.25) is 0 Å². The molecule has 0 aliphatic carbocycles. The minimum Gasteiger partial charge on any atom is -0.475 e. The van der Waals surface area contributed by atoms with Gasteiger partial charge in [-0.1, -0.05) is 60.7 Å². The summed E-state index contributed by atoms with van der Waals surface area (Å²) in [5.74, 6) is -3.25. The van der Waals surface area contributed by atoms with Gasteiger partial charge in [-0.3, -0.25) is 4.79 Å². The van der Waals surface area contributed by atoms with Crippen molar-refractivity contribution in [1.82, 2.24) is 5.32 Å². The van der Waals surface area contributed by atoms with Crippen LogP contribution in [-0.4, -0.2) is 47.8 Å². The SMILES string of the molecule is NCCC[C@H](NC(=O)[C@@H](N)Cc1ccccc1)C(=O)Oc1ccc2ccccc2c1.O=C(O)C(F)(F)F. The molecule has 0 aromatic heterocycles. The monoisotopic (exact) mass is 519 g/mol. The number of hydrogen-bond donors (Lipinski definition) is 4. The maximum absolute atomic E-state index is 12.8. The molecule has 198 valence electrons. The van der Waals surface area contributed by atoms with E-state index in [-0.39, 0.29) is 0 Å². The van der Waals surface area contributed by atoms with E-state index in [0.29, 0.717) is 31.6 Å². The Morgan fingerprint density at radius 2 is 1.54 bits per heavy atom. The summed E-state index contributed by atoms with van der Waals surface area (Å²) in [5.41, 5.74) is 12.6. The predicted octanol–water partition coefficient (Wildman–Crippen LogP) is 3.17. The molecule has 3 aromatic carbocycles. The van der Waals surface area contributed by atoms with Gasteiger partial charge in [-0.25, -0.2) is 9.59 Å². The fourth-order valence-electron chi connectivity index (χ4n) is 3.23. The van der Waals surface area contributed by atoms with Crippen LogP contribution < -0.4 is 21.5 Å². The highest BCUT2D eigenvalue weighted by Crippen LogP contribution is 2.21. The average molecular weight is 520 g/mol. The Kier molecular flexibility index (Phi) is 11.0. The van der Waals surface area contributed by atoms with E-state index >= 15 is 0 Å². The number of rotatable bonds is 9. The van der Waals surface area contributed by atoms with Crippen LogP contribution in [0.3, 0.4) is 0 Å². The Morgan fingerprint density at radius 3 is 2.14 bits per heavy atom.